The Morgan fingerprint density at radius 2 is 2.21 bits per heavy atom. The second-order valence-electron chi connectivity index (χ2n) is 2.71. The van der Waals surface area contributed by atoms with Crippen molar-refractivity contribution in [1.82, 2.24) is 9.80 Å². The van der Waals surface area contributed by atoms with Gasteiger partial charge in [-0.15, -0.1) is 18.2 Å². The summed E-state index contributed by atoms with van der Waals surface area (Å²) < 4.78 is 0. The van der Waals surface area contributed by atoms with Crippen molar-refractivity contribution in [2.75, 3.05) is 19.0 Å². The van der Waals surface area contributed by atoms with Gasteiger partial charge in [0.25, 0.3) is 11.8 Å². The van der Waals surface area contributed by atoms with Gasteiger partial charge in [-0.05, 0) is 0 Å². The fraction of sp³-hybridized carbons (Fsp3) is 0.375. The lowest BCUT2D eigenvalue weighted by Crippen LogP contribution is -2.38. The minimum Gasteiger partial charge on any atom is -0.311 e. The number of hydrogen-bond acceptors (Lipinski definition) is 3. The summed E-state index contributed by atoms with van der Waals surface area (Å²) in [4.78, 5) is 35.5. The molecule has 5 nitrogen and oxygen atoms in total. The van der Waals surface area contributed by atoms with E-state index in [1.165, 1.54) is 11.0 Å². The minimum absolute atomic E-state index is 0.0898. The zero-order valence-corrected chi connectivity index (χ0v) is 8.16. The predicted molar refractivity (Wildman–Crippen MR) is 49.7 cm³/mol. The molecule has 0 spiro atoms. The summed E-state index contributed by atoms with van der Waals surface area (Å²) in [7, 11) is 0. The molecule has 1 fully saturated rings. The lowest BCUT2D eigenvalue weighted by molar-refractivity contribution is -0.136. The maximum absolute atomic E-state index is 11.4. The van der Waals surface area contributed by atoms with E-state index in [0.29, 0.717) is 4.90 Å². The van der Waals surface area contributed by atoms with Gasteiger partial charge in [0, 0.05) is 6.54 Å². The van der Waals surface area contributed by atoms with Crippen LogP contribution in [0.1, 0.15) is 0 Å². The molecule has 6 heteroatoms. The second kappa shape index (κ2) is 4.23. The number of rotatable bonds is 3. The van der Waals surface area contributed by atoms with Gasteiger partial charge >= 0.3 is 6.03 Å². The van der Waals surface area contributed by atoms with Crippen molar-refractivity contribution in [3.63, 3.8) is 0 Å². The third-order valence-electron chi connectivity index (χ3n) is 1.75. The lowest BCUT2D eigenvalue weighted by atomic mass is 10.5. The fourth-order valence-electron chi connectivity index (χ4n) is 1.15. The number of carbonyl (C=O) groups is 3. The Kier molecular flexibility index (Phi) is 3.24. The van der Waals surface area contributed by atoms with Crippen LogP contribution in [0.3, 0.4) is 0 Å². The lowest BCUT2D eigenvalue weighted by Gasteiger charge is -2.12. The SMILES string of the molecule is C=CCN1CC(=O)N(C(=O)CCl)C1=O. The highest BCUT2D eigenvalue weighted by atomic mass is 35.5. The van der Waals surface area contributed by atoms with E-state index < -0.39 is 17.8 Å². The molecular formula is C8H9ClN2O3. The molecule has 0 unspecified atom stereocenters. The van der Waals surface area contributed by atoms with E-state index in [-0.39, 0.29) is 19.0 Å². The molecule has 0 radical (unpaired) electrons. The normalized spacial score (nSPS) is 16.4. The van der Waals surface area contributed by atoms with Crippen molar-refractivity contribution in [3.8, 4) is 0 Å². The molecule has 4 amide bonds. The smallest absolute Gasteiger partial charge is 0.311 e. The zero-order valence-electron chi connectivity index (χ0n) is 7.40. The Morgan fingerprint density at radius 3 is 2.71 bits per heavy atom. The summed E-state index contributed by atoms with van der Waals surface area (Å²) in [5, 5.41) is 0. The Labute approximate surface area is 85.9 Å². The van der Waals surface area contributed by atoms with Crippen LogP contribution in [0.25, 0.3) is 0 Å². The van der Waals surface area contributed by atoms with Gasteiger partial charge in [0.05, 0.1) is 0 Å². The number of hydrogen-bond donors (Lipinski definition) is 0. The average molecular weight is 217 g/mol. The monoisotopic (exact) mass is 216 g/mol. The Morgan fingerprint density at radius 1 is 1.57 bits per heavy atom. The molecular weight excluding hydrogens is 208 g/mol. The molecule has 0 aliphatic carbocycles. The van der Waals surface area contributed by atoms with Crippen LogP contribution in [0.5, 0.6) is 0 Å². The first kappa shape index (κ1) is 10.7. The van der Waals surface area contributed by atoms with Gasteiger partial charge in [0.2, 0.25) is 0 Å². The number of amides is 4. The molecule has 0 saturated carbocycles. The highest BCUT2D eigenvalue weighted by Crippen LogP contribution is 2.10. The largest absolute Gasteiger partial charge is 0.334 e. The standard InChI is InChI=1S/C8H9ClN2O3/c1-2-3-10-5-7(13)11(8(10)14)6(12)4-9/h2H,1,3-5H2. The van der Waals surface area contributed by atoms with Crippen molar-refractivity contribution >= 4 is 29.4 Å². The maximum atomic E-state index is 11.4. The molecule has 0 aromatic rings. The molecule has 14 heavy (non-hydrogen) atoms. The minimum atomic E-state index is -0.687. The zero-order chi connectivity index (χ0) is 10.7. The first-order valence-corrected chi connectivity index (χ1v) is 4.46. The molecule has 1 aliphatic heterocycles. The van der Waals surface area contributed by atoms with Crippen molar-refractivity contribution in [3.05, 3.63) is 12.7 Å². The van der Waals surface area contributed by atoms with E-state index in [1.54, 1.807) is 0 Å². The summed E-state index contributed by atoms with van der Waals surface area (Å²) in [6.07, 6.45) is 1.49. The number of carbonyl (C=O) groups excluding carboxylic acids is 3. The molecule has 0 aromatic carbocycles. The van der Waals surface area contributed by atoms with Crippen LogP contribution in [0.15, 0.2) is 12.7 Å². The van der Waals surface area contributed by atoms with Crippen molar-refractivity contribution < 1.29 is 14.4 Å². The molecule has 0 N–H and O–H groups in total. The third-order valence-corrected chi connectivity index (χ3v) is 1.98. The van der Waals surface area contributed by atoms with Crippen LogP contribution in [0.2, 0.25) is 0 Å². The summed E-state index contributed by atoms with van der Waals surface area (Å²) in [6, 6.07) is -0.624. The molecule has 0 aromatic heterocycles. The van der Waals surface area contributed by atoms with Crippen LogP contribution in [0, 0.1) is 0 Å². The van der Waals surface area contributed by atoms with Gasteiger partial charge in [-0.3, -0.25) is 9.59 Å². The van der Waals surface area contributed by atoms with E-state index in [2.05, 4.69) is 6.58 Å². The van der Waals surface area contributed by atoms with Crippen molar-refractivity contribution in [2.24, 2.45) is 0 Å². The quantitative estimate of drug-likeness (QED) is 0.385. The van der Waals surface area contributed by atoms with Crippen LogP contribution in [-0.2, 0) is 9.59 Å². The molecule has 0 bridgehead atoms. The number of halogens is 1. The van der Waals surface area contributed by atoms with Crippen LogP contribution >= 0.6 is 11.6 Å². The summed E-state index contributed by atoms with van der Waals surface area (Å²) >= 11 is 5.25. The molecule has 76 valence electrons. The van der Waals surface area contributed by atoms with Crippen molar-refractivity contribution in [2.45, 2.75) is 0 Å². The molecule has 1 rings (SSSR count). The van der Waals surface area contributed by atoms with Gasteiger partial charge in [-0.1, -0.05) is 6.08 Å². The van der Waals surface area contributed by atoms with E-state index >= 15 is 0 Å². The van der Waals surface area contributed by atoms with Gasteiger partial charge in [0.15, 0.2) is 0 Å². The topological polar surface area (TPSA) is 57.7 Å². The second-order valence-corrected chi connectivity index (χ2v) is 2.98. The van der Waals surface area contributed by atoms with Crippen LogP contribution < -0.4 is 0 Å². The van der Waals surface area contributed by atoms with E-state index in [0.717, 1.165) is 0 Å². The Hall–Kier alpha value is -1.36. The molecule has 0 atom stereocenters. The maximum Gasteiger partial charge on any atom is 0.334 e. The first-order chi connectivity index (χ1) is 6.61. The Bertz CT molecular complexity index is 303. The van der Waals surface area contributed by atoms with E-state index in [4.69, 9.17) is 11.6 Å². The number of urea groups is 1. The third kappa shape index (κ3) is 1.77. The number of alkyl halides is 1. The first-order valence-electron chi connectivity index (χ1n) is 3.93. The average Bonchev–Trinajstić information content (AvgIpc) is 2.42. The molecule has 1 heterocycles. The van der Waals surface area contributed by atoms with Gasteiger partial charge in [0.1, 0.15) is 12.4 Å². The van der Waals surface area contributed by atoms with Crippen molar-refractivity contribution in [1.29, 1.82) is 0 Å². The summed E-state index contributed by atoms with van der Waals surface area (Å²) in [5.41, 5.74) is 0. The number of nitrogens with zero attached hydrogens (tertiary/aromatic N) is 2. The van der Waals surface area contributed by atoms with E-state index in [1.807, 2.05) is 0 Å². The van der Waals surface area contributed by atoms with Gasteiger partial charge in [-0.2, -0.15) is 4.90 Å². The Balaban J connectivity index is 2.80. The highest BCUT2D eigenvalue weighted by Gasteiger charge is 2.39. The van der Waals surface area contributed by atoms with E-state index in [9.17, 15) is 14.4 Å². The van der Waals surface area contributed by atoms with Gasteiger partial charge < -0.3 is 4.90 Å². The molecule has 1 saturated heterocycles. The number of imide groups is 3. The predicted octanol–water partition coefficient (Wildman–Crippen LogP) is 0.202. The van der Waals surface area contributed by atoms with Crippen LogP contribution in [0.4, 0.5) is 4.79 Å². The molecule has 1 aliphatic rings. The highest BCUT2D eigenvalue weighted by molar-refractivity contribution is 6.31. The van der Waals surface area contributed by atoms with Crippen LogP contribution in [-0.4, -0.2) is 46.6 Å². The van der Waals surface area contributed by atoms with Gasteiger partial charge in [-0.25, -0.2) is 4.79 Å². The fourth-order valence-corrected chi connectivity index (χ4v) is 1.27. The summed E-state index contributed by atoms with van der Waals surface area (Å²) in [6.45, 7) is 3.60. The summed E-state index contributed by atoms with van der Waals surface area (Å²) in [5.74, 6) is -1.60.